The van der Waals surface area contributed by atoms with Crippen LogP contribution in [-0.4, -0.2) is 52.9 Å². The molecule has 0 aromatic carbocycles. The van der Waals surface area contributed by atoms with Crippen molar-refractivity contribution in [2.24, 2.45) is 0 Å². The lowest BCUT2D eigenvalue weighted by Crippen LogP contribution is -2.06. The Kier molecular flexibility index (Phi) is 15.7. The summed E-state index contributed by atoms with van der Waals surface area (Å²) in [5.41, 5.74) is 0. The third-order valence-corrected chi connectivity index (χ3v) is 2.14. The molecular weight excluding hydrogens is 220 g/mol. The molecule has 0 bridgehead atoms. The van der Waals surface area contributed by atoms with Crippen molar-refractivity contribution < 1.29 is 18.9 Å². The molecule has 0 aromatic heterocycles. The van der Waals surface area contributed by atoms with Crippen LogP contribution in [0.4, 0.5) is 0 Å². The van der Waals surface area contributed by atoms with Gasteiger partial charge in [-0.2, -0.15) is 0 Å². The molecule has 0 atom stereocenters. The average molecular weight is 248 g/mol. The maximum atomic E-state index is 5.44. The molecular formula is C13H28O4. The zero-order chi connectivity index (χ0) is 12.6. The molecule has 0 saturated carbocycles. The highest BCUT2D eigenvalue weighted by Gasteiger charge is 1.92. The van der Waals surface area contributed by atoms with Gasteiger partial charge in [0.2, 0.25) is 0 Å². The fourth-order valence-corrected chi connectivity index (χ4v) is 1.28. The van der Waals surface area contributed by atoms with Crippen LogP contribution in [0.5, 0.6) is 0 Å². The van der Waals surface area contributed by atoms with Crippen LogP contribution in [0, 0.1) is 0 Å². The first-order valence-corrected chi connectivity index (χ1v) is 6.72. The molecule has 0 radical (unpaired) electrons. The molecule has 0 saturated heterocycles. The monoisotopic (exact) mass is 248 g/mol. The fraction of sp³-hybridized carbons (Fsp3) is 1.00. The van der Waals surface area contributed by atoms with E-state index in [-0.39, 0.29) is 0 Å². The SMILES string of the molecule is CCOCCCOCCCOCCCOCC. The van der Waals surface area contributed by atoms with Gasteiger partial charge in [0.15, 0.2) is 0 Å². The van der Waals surface area contributed by atoms with E-state index in [9.17, 15) is 0 Å². The lowest BCUT2D eigenvalue weighted by Gasteiger charge is -2.06. The Morgan fingerprint density at radius 3 is 1.06 bits per heavy atom. The highest BCUT2D eigenvalue weighted by Crippen LogP contribution is 1.90. The molecule has 0 unspecified atom stereocenters. The standard InChI is InChI=1S/C13H28O4/c1-3-14-8-5-10-16-12-7-13-17-11-6-9-15-4-2/h3-13H2,1-2H3. The van der Waals surface area contributed by atoms with Gasteiger partial charge in [-0.1, -0.05) is 0 Å². The predicted octanol–water partition coefficient (Wildman–Crippen LogP) is 2.26. The van der Waals surface area contributed by atoms with Gasteiger partial charge in [-0.25, -0.2) is 0 Å². The molecule has 0 heterocycles. The van der Waals surface area contributed by atoms with Crippen molar-refractivity contribution in [3.05, 3.63) is 0 Å². The van der Waals surface area contributed by atoms with Gasteiger partial charge >= 0.3 is 0 Å². The molecule has 17 heavy (non-hydrogen) atoms. The predicted molar refractivity (Wildman–Crippen MR) is 68.5 cm³/mol. The number of ether oxygens (including phenoxy) is 4. The van der Waals surface area contributed by atoms with Crippen LogP contribution in [0.2, 0.25) is 0 Å². The van der Waals surface area contributed by atoms with E-state index in [2.05, 4.69) is 0 Å². The Labute approximate surface area is 106 Å². The summed E-state index contributed by atoms with van der Waals surface area (Å²) in [6, 6.07) is 0. The van der Waals surface area contributed by atoms with Crippen molar-refractivity contribution in [3.63, 3.8) is 0 Å². The van der Waals surface area contributed by atoms with E-state index in [1.54, 1.807) is 0 Å². The average Bonchev–Trinajstić information content (AvgIpc) is 2.35. The normalized spacial score (nSPS) is 10.9. The largest absolute Gasteiger partial charge is 0.382 e. The van der Waals surface area contributed by atoms with Crippen LogP contribution in [0.15, 0.2) is 0 Å². The van der Waals surface area contributed by atoms with Crippen LogP contribution >= 0.6 is 0 Å². The molecule has 0 aliphatic rings. The summed E-state index contributed by atoms with van der Waals surface area (Å²) < 4.78 is 21.3. The molecule has 4 heteroatoms. The van der Waals surface area contributed by atoms with Crippen molar-refractivity contribution in [2.75, 3.05) is 52.9 Å². The van der Waals surface area contributed by atoms with Gasteiger partial charge in [0.05, 0.1) is 0 Å². The Bertz CT molecular complexity index is 117. The van der Waals surface area contributed by atoms with Crippen LogP contribution < -0.4 is 0 Å². The lowest BCUT2D eigenvalue weighted by atomic mass is 10.4. The second-order valence-electron chi connectivity index (χ2n) is 3.68. The maximum absolute atomic E-state index is 5.44. The summed E-state index contributed by atoms with van der Waals surface area (Å²) in [7, 11) is 0. The van der Waals surface area contributed by atoms with Gasteiger partial charge in [-0.05, 0) is 33.1 Å². The van der Waals surface area contributed by atoms with Crippen molar-refractivity contribution >= 4 is 0 Å². The summed E-state index contributed by atoms with van der Waals surface area (Å²) in [5.74, 6) is 0. The minimum absolute atomic E-state index is 0.775. The molecule has 0 amide bonds. The fourth-order valence-electron chi connectivity index (χ4n) is 1.28. The first kappa shape index (κ1) is 16.8. The van der Waals surface area contributed by atoms with E-state index in [1.807, 2.05) is 13.8 Å². The van der Waals surface area contributed by atoms with E-state index in [4.69, 9.17) is 18.9 Å². The van der Waals surface area contributed by atoms with Gasteiger partial charge in [0.1, 0.15) is 0 Å². The second kappa shape index (κ2) is 15.8. The third-order valence-electron chi connectivity index (χ3n) is 2.14. The van der Waals surface area contributed by atoms with Gasteiger partial charge in [0.25, 0.3) is 0 Å². The zero-order valence-electron chi connectivity index (χ0n) is 11.4. The van der Waals surface area contributed by atoms with Crippen molar-refractivity contribution in [2.45, 2.75) is 33.1 Å². The summed E-state index contributed by atoms with van der Waals surface area (Å²) >= 11 is 0. The van der Waals surface area contributed by atoms with Crippen LogP contribution in [0.25, 0.3) is 0 Å². The molecule has 0 N–H and O–H groups in total. The van der Waals surface area contributed by atoms with Gasteiger partial charge in [-0.15, -0.1) is 0 Å². The van der Waals surface area contributed by atoms with E-state index in [1.165, 1.54) is 0 Å². The van der Waals surface area contributed by atoms with Gasteiger partial charge in [-0.3, -0.25) is 0 Å². The summed E-state index contributed by atoms with van der Waals surface area (Å²) in [4.78, 5) is 0. The highest BCUT2D eigenvalue weighted by molar-refractivity contribution is 4.39. The van der Waals surface area contributed by atoms with Crippen molar-refractivity contribution in [1.29, 1.82) is 0 Å². The molecule has 0 aliphatic carbocycles. The van der Waals surface area contributed by atoms with Crippen LogP contribution in [0.3, 0.4) is 0 Å². The van der Waals surface area contributed by atoms with Crippen LogP contribution in [-0.2, 0) is 18.9 Å². The first-order chi connectivity index (χ1) is 8.41. The van der Waals surface area contributed by atoms with E-state index >= 15 is 0 Å². The summed E-state index contributed by atoms with van der Waals surface area (Å²) in [6.07, 6.45) is 2.91. The minimum Gasteiger partial charge on any atom is -0.382 e. The Hall–Kier alpha value is -0.160. The topological polar surface area (TPSA) is 36.9 Å². The van der Waals surface area contributed by atoms with Gasteiger partial charge in [0, 0.05) is 52.9 Å². The molecule has 4 nitrogen and oxygen atoms in total. The first-order valence-electron chi connectivity index (χ1n) is 6.72. The molecule has 0 rings (SSSR count). The van der Waals surface area contributed by atoms with E-state index < -0.39 is 0 Å². The van der Waals surface area contributed by atoms with E-state index in [0.29, 0.717) is 0 Å². The summed E-state index contributed by atoms with van der Waals surface area (Å²) in [6.45, 7) is 10.3. The molecule has 0 aromatic rings. The second-order valence-corrected chi connectivity index (χ2v) is 3.68. The quantitative estimate of drug-likeness (QED) is 0.442. The molecule has 0 fully saturated rings. The number of hydrogen-bond donors (Lipinski definition) is 0. The van der Waals surface area contributed by atoms with Crippen molar-refractivity contribution in [3.8, 4) is 0 Å². The Balaban J connectivity index is 2.85. The lowest BCUT2D eigenvalue weighted by molar-refractivity contribution is 0.0568. The maximum Gasteiger partial charge on any atom is 0.0488 e. The summed E-state index contributed by atoms with van der Waals surface area (Å²) in [5, 5.41) is 0. The molecule has 104 valence electrons. The number of rotatable bonds is 14. The Morgan fingerprint density at radius 2 is 0.765 bits per heavy atom. The number of hydrogen-bond acceptors (Lipinski definition) is 4. The third kappa shape index (κ3) is 15.8. The smallest absolute Gasteiger partial charge is 0.0488 e. The molecule has 0 spiro atoms. The van der Waals surface area contributed by atoms with Gasteiger partial charge < -0.3 is 18.9 Å². The van der Waals surface area contributed by atoms with E-state index in [0.717, 1.165) is 72.1 Å². The Morgan fingerprint density at radius 1 is 0.471 bits per heavy atom. The molecule has 0 aliphatic heterocycles. The minimum atomic E-state index is 0.775. The zero-order valence-corrected chi connectivity index (χ0v) is 11.4. The highest BCUT2D eigenvalue weighted by atomic mass is 16.5. The van der Waals surface area contributed by atoms with Crippen molar-refractivity contribution in [1.82, 2.24) is 0 Å². The van der Waals surface area contributed by atoms with Crippen LogP contribution in [0.1, 0.15) is 33.1 Å².